The Morgan fingerprint density at radius 2 is 2.20 bits per heavy atom. The predicted octanol–water partition coefficient (Wildman–Crippen LogP) is 0.118. The first-order valence-corrected chi connectivity index (χ1v) is 6.50. The van der Waals surface area contributed by atoms with Gasteiger partial charge in [0.1, 0.15) is 5.78 Å². The van der Waals surface area contributed by atoms with Crippen molar-refractivity contribution in [3.63, 3.8) is 0 Å². The van der Waals surface area contributed by atoms with Gasteiger partial charge in [-0.05, 0) is 19.3 Å². The van der Waals surface area contributed by atoms with Crippen LogP contribution in [0.5, 0.6) is 0 Å². The average Bonchev–Trinajstić information content (AvgIpc) is 2.45. The lowest BCUT2D eigenvalue weighted by Gasteiger charge is -2.13. The van der Waals surface area contributed by atoms with Gasteiger partial charge in [-0.2, -0.15) is 8.42 Å². The van der Waals surface area contributed by atoms with Gasteiger partial charge < -0.3 is 0 Å². The maximum atomic E-state index is 11.5. The molecule has 0 N–H and O–H groups in total. The molecule has 0 heterocycles. The minimum Gasteiger partial charge on any atom is -0.299 e. The minimum atomic E-state index is -3.90. The molecule has 5 atom stereocenters. The van der Waals surface area contributed by atoms with Gasteiger partial charge >= 0.3 is 10.4 Å². The monoisotopic (exact) mass is 232 g/mol. The van der Waals surface area contributed by atoms with Crippen LogP contribution in [0.25, 0.3) is 0 Å². The predicted molar refractivity (Wildman–Crippen MR) is 49.0 cm³/mol. The second-order valence-corrected chi connectivity index (χ2v) is 5.63. The maximum absolute atomic E-state index is 11.5. The zero-order valence-corrected chi connectivity index (χ0v) is 9.07. The number of carbonyl (C=O) groups is 1. The fraction of sp³-hybridized carbons (Fsp3) is 0.889. The molecular formula is C9H12O5S. The van der Waals surface area contributed by atoms with Gasteiger partial charge in [-0.15, -0.1) is 0 Å². The van der Waals surface area contributed by atoms with Gasteiger partial charge in [-0.25, -0.2) is 8.37 Å². The summed E-state index contributed by atoms with van der Waals surface area (Å²) in [5.41, 5.74) is 0. The maximum Gasteiger partial charge on any atom is 0.400 e. The van der Waals surface area contributed by atoms with Gasteiger partial charge in [0.2, 0.25) is 0 Å². The summed E-state index contributed by atoms with van der Waals surface area (Å²) in [7, 11) is -3.90. The van der Waals surface area contributed by atoms with Crippen LogP contribution in [0.1, 0.15) is 13.3 Å². The Balaban J connectivity index is 1.74. The Morgan fingerprint density at radius 1 is 1.47 bits per heavy atom. The van der Waals surface area contributed by atoms with E-state index in [1.807, 2.05) is 0 Å². The molecule has 4 aliphatic rings. The first-order valence-electron chi connectivity index (χ1n) is 5.16. The number of carbonyl (C=O) groups excluding carboxylic acids is 1. The van der Waals surface area contributed by atoms with Crippen molar-refractivity contribution in [2.75, 3.05) is 6.61 Å². The molecule has 0 spiro atoms. The molecule has 6 heteroatoms. The van der Waals surface area contributed by atoms with Crippen LogP contribution in [0, 0.1) is 23.7 Å². The van der Waals surface area contributed by atoms with Crippen molar-refractivity contribution in [1.29, 1.82) is 0 Å². The normalized spacial score (nSPS) is 46.2. The fourth-order valence-corrected chi connectivity index (χ4v) is 4.09. The summed E-state index contributed by atoms with van der Waals surface area (Å²) in [5.74, 6) is 0.640. The fourth-order valence-electron chi connectivity index (χ4n) is 3.21. The smallest absolute Gasteiger partial charge is 0.299 e. The van der Waals surface area contributed by atoms with E-state index in [4.69, 9.17) is 4.18 Å². The van der Waals surface area contributed by atoms with Gasteiger partial charge in [-0.1, -0.05) is 0 Å². The van der Waals surface area contributed by atoms with E-state index in [0.717, 1.165) is 6.42 Å². The van der Waals surface area contributed by atoms with Crippen LogP contribution in [0.15, 0.2) is 0 Å². The highest BCUT2D eigenvalue weighted by molar-refractivity contribution is 7.81. The Labute approximate surface area is 88.1 Å². The molecule has 0 amide bonds. The third-order valence-corrected chi connectivity index (χ3v) is 4.70. The van der Waals surface area contributed by atoms with Crippen LogP contribution in [0.3, 0.4) is 0 Å². The molecule has 0 aliphatic heterocycles. The molecule has 0 radical (unpaired) electrons. The molecule has 4 saturated carbocycles. The average molecular weight is 232 g/mol. The molecule has 84 valence electrons. The van der Waals surface area contributed by atoms with E-state index < -0.39 is 16.5 Å². The molecule has 0 aromatic carbocycles. The van der Waals surface area contributed by atoms with Crippen LogP contribution in [-0.4, -0.2) is 26.9 Å². The summed E-state index contributed by atoms with van der Waals surface area (Å²) in [6.07, 6.45) is 0.365. The summed E-state index contributed by atoms with van der Waals surface area (Å²) in [5, 5.41) is 0. The lowest BCUT2D eigenvalue weighted by Crippen LogP contribution is -2.25. The second kappa shape index (κ2) is 2.81. The van der Waals surface area contributed by atoms with Crippen molar-refractivity contribution in [2.24, 2.45) is 23.7 Å². The van der Waals surface area contributed by atoms with Crippen LogP contribution >= 0.6 is 0 Å². The molecule has 5 nitrogen and oxygen atoms in total. The highest BCUT2D eigenvalue weighted by Gasteiger charge is 2.75. The van der Waals surface area contributed by atoms with Gasteiger partial charge in [0.05, 0.1) is 12.7 Å². The highest BCUT2D eigenvalue weighted by Crippen LogP contribution is 2.69. The SMILES string of the molecule is CCOS(=O)(=O)O[C@@H]1[C@H]2[C@H]3C[C@@H]1C(=O)[C@H]32. The Bertz CT molecular complexity index is 414. The van der Waals surface area contributed by atoms with Crippen molar-refractivity contribution in [2.45, 2.75) is 19.4 Å². The van der Waals surface area contributed by atoms with E-state index >= 15 is 0 Å². The number of rotatable bonds is 4. The first kappa shape index (κ1) is 9.74. The molecule has 4 fully saturated rings. The van der Waals surface area contributed by atoms with Crippen LogP contribution < -0.4 is 0 Å². The van der Waals surface area contributed by atoms with Crippen LogP contribution in [0.2, 0.25) is 0 Å². The second-order valence-electron chi connectivity index (χ2n) is 4.39. The van der Waals surface area contributed by atoms with E-state index in [1.165, 1.54) is 0 Å². The van der Waals surface area contributed by atoms with Crippen molar-refractivity contribution in [1.82, 2.24) is 0 Å². The molecule has 0 aromatic heterocycles. The van der Waals surface area contributed by atoms with E-state index in [0.29, 0.717) is 5.92 Å². The molecule has 0 aromatic rings. The summed E-state index contributed by atoms with van der Waals surface area (Å²) < 4.78 is 32.0. The zero-order valence-electron chi connectivity index (χ0n) is 8.25. The van der Waals surface area contributed by atoms with E-state index in [9.17, 15) is 13.2 Å². The Kier molecular flexibility index (Phi) is 1.82. The zero-order chi connectivity index (χ0) is 10.8. The Hall–Kier alpha value is -0.460. The van der Waals surface area contributed by atoms with E-state index in [-0.39, 0.29) is 30.1 Å². The largest absolute Gasteiger partial charge is 0.400 e. The lowest BCUT2D eigenvalue weighted by molar-refractivity contribution is -0.121. The number of Topliss-reactive ketones (excluding diaryl/α,β-unsaturated/α-hetero) is 1. The van der Waals surface area contributed by atoms with Crippen LogP contribution in [-0.2, 0) is 23.6 Å². The quantitative estimate of drug-likeness (QED) is 0.688. The molecule has 4 aliphatic carbocycles. The molecule has 15 heavy (non-hydrogen) atoms. The molecule has 4 rings (SSSR count). The van der Waals surface area contributed by atoms with Crippen molar-refractivity contribution in [3.05, 3.63) is 0 Å². The number of hydrogen-bond donors (Lipinski definition) is 0. The molecule has 0 saturated heterocycles. The summed E-state index contributed by atoms with van der Waals surface area (Å²) in [4.78, 5) is 11.5. The summed E-state index contributed by atoms with van der Waals surface area (Å²) in [6, 6.07) is 0. The molecule has 0 unspecified atom stereocenters. The van der Waals surface area contributed by atoms with E-state index in [1.54, 1.807) is 6.92 Å². The van der Waals surface area contributed by atoms with Gasteiger partial charge in [0.25, 0.3) is 0 Å². The topological polar surface area (TPSA) is 69.7 Å². The van der Waals surface area contributed by atoms with Crippen LogP contribution in [0.4, 0.5) is 0 Å². The van der Waals surface area contributed by atoms with Crippen molar-refractivity contribution < 1.29 is 21.6 Å². The van der Waals surface area contributed by atoms with Gasteiger partial charge in [0, 0.05) is 17.8 Å². The van der Waals surface area contributed by atoms with Crippen molar-refractivity contribution in [3.8, 4) is 0 Å². The number of hydrogen-bond acceptors (Lipinski definition) is 5. The molecule has 4 bridgehead atoms. The molecular weight excluding hydrogens is 220 g/mol. The number of ketones is 1. The minimum absolute atomic E-state index is 0.0607. The van der Waals surface area contributed by atoms with Gasteiger partial charge in [0.15, 0.2) is 0 Å². The van der Waals surface area contributed by atoms with Crippen molar-refractivity contribution >= 4 is 16.2 Å². The summed E-state index contributed by atoms with van der Waals surface area (Å²) in [6.45, 7) is 1.64. The highest BCUT2D eigenvalue weighted by atomic mass is 32.3. The lowest BCUT2D eigenvalue weighted by atomic mass is 10.1. The first-order chi connectivity index (χ1) is 7.05. The van der Waals surface area contributed by atoms with E-state index in [2.05, 4.69) is 4.18 Å². The standard InChI is InChI=1S/C9H12O5S/c1-2-13-15(11,12)14-9-5-3-4-6(7(4)9)8(5)10/h4-7,9H,2-3H2,1H3/t4-,5+,6+,7-,9-/m0/s1. The third-order valence-electron chi connectivity index (χ3n) is 3.72. The van der Waals surface area contributed by atoms with Gasteiger partial charge in [-0.3, -0.25) is 4.79 Å². The Morgan fingerprint density at radius 3 is 2.60 bits per heavy atom. The third kappa shape index (κ3) is 1.21. The summed E-state index contributed by atoms with van der Waals surface area (Å²) >= 11 is 0.